The monoisotopic (exact) mass is 353 g/mol. The maximum Gasteiger partial charge on any atom is 0.225 e. The van der Waals surface area contributed by atoms with E-state index in [9.17, 15) is 0 Å². The van der Waals surface area contributed by atoms with Crippen molar-refractivity contribution >= 4 is 29.1 Å². The van der Waals surface area contributed by atoms with E-state index >= 15 is 0 Å². The molecule has 25 heavy (non-hydrogen) atoms. The third-order valence-corrected chi connectivity index (χ3v) is 4.11. The van der Waals surface area contributed by atoms with E-state index < -0.39 is 0 Å². The summed E-state index contributed by atoms with van der Waals surface area (Å²) in [6.07, 6.45) is 2.73. The second kappa shape index (κ2) is 7.94. The molecule has 1 atom stereocenters. The molecule has 0 aliphatic heterocycles. The molecule has 2 heterocycles. The lowest BCUT2D eigenvalue weighted by molar-refractivity contribution is 0.753. The van der Waals surface area contributed by atoms with Gasteiger partial charge in [-0.15, -0.1) is 0 Å². The SMILES string of the molecule is CC[C@H](C)Nc1nc(Nc2ccccc2Cl)cc(-c2ccccn2)n1. The predicted molar refractivity (Wildman–Crippen MR) is 103 cm³/mol. The van der Waals surface area contributed by atoms with Crippen LogP contribution < -0.4 is 10.6 Å². The zero-order valence-electron chi connectivity index (χ0n) is 14.2. The van der Waals surface area contributed by atoms with Gasteiger partial charge in [-0.05, 0) is 37.6 Å². The topological polar surface area (TPSA) is 62.7 Å². The van der Waals surface area contributed by atoms with E-state index in [1.54, 1.807) is 6.20 Å². The third-order valence-electron chi connectivity index (χ3n) is 3.78. The number of aromatic nitrogens is 3. The Morgan fingerprint density at radius 3 is 2.56 bits per heavy atom. The number of hydrogen-bond acceptors (Lipinski definition) is 5. The number of hydrogen-bond donors (Lipinski definition) is 2. The highest BCUT2D eigenvalue weighted by atomic mass is 35.5. The molecule has 0 fully saturated rings. The quantitative estimate of drug-likeness (QED) is 0.642. The summed E-state index contributed by atoms with van der Waals surface area (Å²) in [6, 6.07) is 15.4. The number of benzene rings is 1. The molecule has 2 aromatic heterocycles. The van der Waals surface area contributed by atoms with Gasteiger partial charge in [0.15, 0.2) is 0 Å². The van der Waals surface area contributed by atoms with Crippen LogP contribution in [0.2, 0.25) is 5.02 Å². The largest absolute Gasteiger partial charge is 0.352 e. The van der Waals surface area contributed by atoms with Gasteiger partial charge in [0.05, 0.1) is 22.1 Å². The fourth-order valence-electron chi connectivity index (χ4n) is 2.24. The summed E-state index contributed by atoms with van der Waals surface area (Å²) >= 11 is 6.24. The molecule has 0 aliphatic carbocycles. The summed E-state index contributed by atoms with van der Waals surface area (Å²) < 4.78 is 0. The number of nitrogens with zero attached hydrogens (tertiary/aromatic N) is 3. The van der Waals surface area contributed by atoms with Crippen LogP contribution in [0.25, 0.3) is 11.4 Å². The molecule has 0 saturated heterocycles. The lowest BCUT2D eigenvalue weighted by Gasteiger charge is -2.14. The van der Waals surface area contributed by atoms with Crippen molar-refractivity contribution in [1.82, 2.24) is 15.0 Å². The second-order valence-electron chi connectivity index (χ2n) is 5.74. The summed E-state index contributed by atoms with van der Waals surface area (Å²) in [5, 5.41) is 7.22. The second-order valence-corrected chi connectivity index (χ2v) is 6.14. The lowest BCUT2D eigenvalue weighted by Crippen LogP contribution is -2.16. The fourth-order valence-corrected chi connectivity index (χ4v) is 2.43. The highest BCUT2D eigenvalue weighted by Crippen LogP contribution is 2.26. The molecule has 2 N–H and O–H groups in total. The summed E-state index contributed by atoms with van der Waals surface area (Å²) in [5.74, 6) is 1.22. The predicted octanol–water partition coefficient (Wildman–Crippen LogP) is 5.15. The van der Waals surface area contributed by atoms with Crippen molar-refractivity contribution in [3.05, 3.63) is 59.8 Å². The molecule has 0 spiro atoms. The number of para-hydroxylation sites is 1. The highest BCUT2D eigenvalue weighted by molar-refractivity contribution is 6.33. The first-order chi connectivity index (χ1) is 12.2. The van der Waals surface area contributed by atoms with Crippen molar-refractivity contribution in [2.45, 2.75) is 26.3 Å². The number of halogens is 1. The van der Waals surface area contributed by atoms with Gasteiger partial charge in [0.1, 0.15) is 5.82 Å². The Balaban J connectivity index is 1.99. The molecule has 6 heteroatoms. The van der Waals surface area contributed by atoms with E-state index in [1.807, 2.05) is 48.5 Å². The van der Waals surface area contributed by atoms with Crippen LogP contribution in [0.1, 0.15) is 20.3 Å². The first-order valence-electron chi connectivity index (χ1n) is 8.24. The normalized spacial score (nSPS) is 11.8. The van der Waals surface area contributed by atoms with Crippen LogP contribution in [0.4, 0.5) is 17.5 Å². The Hall–Kier alpha value is -2.66. The van der Waals surface area contributed by atoms with Crippen LogP contribution in [0, 0.1) is 0 Å². The number of anilines is 3. The van der Waals surface area contributed by atoms with Gasteiger partial charge in [0.2, 0.25) is 5.95 Å². The Kier molecular flexibility index (Phi) is 5.46. The van der Waals surface area contributed by atoms with Crippen LogP contribution >= 0.6 is 11.6 Å². The van der Waals surface area contributed by atoms with Crippen LogP contribution in [-0.2, 0) is 0 Å². The lowest BCUT2D eigenvalue weighted by atomic mass is 10.2. The fraction of sp³-hybridized carbons (Fsp3) is 0.211. The van der Waals surface area contributed by atoms with Gasteiger partial charge in [-0.1, -0.05) is 36.7 Å². The molecular formula is C19H20ClN5. The summed E-state index contributed by atoms with van der Waals surface area (Å²) in [7, 11) is 0. The highest BCUT2D eigenvalue weighted by Gasteiger charge is 2.10. The van der Waals surface area contributed by atoms with Gasteiger partial charge < -0.3 is 10.6 Å². The maximum absolute atomic E-state index is 6.24. The molecule has 0 amide bonds. The van der Waals surface area contributed by atoms with E-state index in [-0.39, 0.29) is 6.04 Å². The summed E-state index contributed by atoms with van der Waals surface area (Å²) in [6.45, 7) is 4.21. The van der Waals surface area contributed by atoms with Gasteiger partial charge in [0, 0.05) is 18.3 Å². The third kappa shape index (κ3) is 4.45. The van der Waals surface area contributed by atoms with Gasteiger partial charge >= 0.3 is 0 Å². The minimum absolute atomic E-state index is 0.271. The summed E-state index contributed by atoms with van der Waals surface area (Å²) in [5.41, 5.74) is 2.33. The minimum atomic E-state index is 0.271. The molecule has 0 aliphatic rings. The molecule has 3 aromatic rings. The van der Waals surface area contributed by atoms with Gasteiger partial charge in [-0.25, -0.2) is 4.98 Å². The molecular weight excluding hydrogens is 334 g/mol. The van der Waals surface area contributed by atoms with E-state index in [0.717, 1.165) is 23.5 Å². The molecule has 0 radical (unpaired) electrons. The molecule has 128 valence electrons. The van der Waals surface area contributed by atoms with E-state index in [4.69, 9.17) is 11.6 Å². The minimum Gasteiger partial charge on any atom is -0.352 e. The van der Waals surface area contributed by atoms with Crippen LogP contribution in [0.3, 0.4) is 0 Å². The smallest absolute Gasteiger partial charge is 0.225 e. The first kappa shape index (κ1) is 17.2. The molecule has 0 bridgehead atoms. The van der Waals surface area contributed by atoms with Crippen molar-refractivity contribution in [2.24, 2.45) is 0 Å². The maximum atomic E-state index is 6.24. The van der Waals surface area contributed by atoms with Gasteiger partial charge in [0.25, 0.3) is 0 Å². The van der Waals surface area contributed by atoms with Crippen molar-refractivity contribution in [1.29, 1.82) is 0 Å². The van der Waals surface area contributed by atoms with Crippen molar-refractivity contribution in [3.8, 4) is 11.4 Å². The molecule has 0 saturated carbocycles. The zero-order valence-corrected chi connectivity index (χ0v) is 15.0. The first-order valence-corrected chi connectivity index (χ1v) is 8.62. The molecule has 3 rings (SSSR count). The van der Waals surface area contributed by atoms with Gasteiger partial charge in [-0.3, -0.25) is 4.98 Å². The molecule has 5 nitrogen and oxygen atoms in total. The van der Waals surface area contributed by atoms with E-state index in [1.165, 1.54) is 0 Å². The Morgan fingerprint density at radius 2 is 1.84 bits per heavy atom. The Morgan fingerprint density at radius 1 is 1.04 bits per heavy atom. The Labute approximate surface area is 152 Å². The van der Waals surface area contributed by atoms with Crippen molar-refractivity contribution in [3.63, 3.8) is 0 Å². The zero-order chi connectivity index (χ0) is 17.6. The average molecular weight is 354 g/mol. The average Bonchev–Trinajstić information content (AvgIpc) is 2.64. The standard InChI is InChI=1S/C19H20ClN5/c1-3-13(2)22-19-24-17(16-10-6-7-11-21-16)12-18(25-19)23-15-9-5-4-8-14(15)20/h4-13H,3H2,1-2H3,(H2,22,23,24,25)/t13-/m0/s1. The molecule has 1 aromatic carbocycles. The number of rotatable bonds is 6. The van der Waals surface area contributed by atoms with Gasteiger partial charge in [-0.2, -0.15) is 4.98 Å². The summed E-state index contributed by atoms with van der Waals surface area (Å²) in [4.78, 5) is 13.5. The number of pyridine rings is 1. The number of nitrogens with one attached hydrogen (secondary N) is 2. The van der Waals surface area contributed by atoms with E-state index in [2.05, 4.69) is 39.4 Å². The van der Waals surface area contributed by atoms with Crippen LogP contribution in [-0.4, -0.2) is 21.0 Å². The van der Waals surface area contributed by atoms with E-state index in [0.29, 0.717) is 16.8 Å². The molecule has 0 unspecified atom stereocenters. The van der Waals surface area contributed by atoms with Crippen LogP contribution in [0.15, 0.2) is 54.7 Å². The van der Waals surface area contributed by atoms with Crippen LogP contribution in [0.5, 0.6) is 0 Å². The Bertz CT molecular complexity index is 838. The van der Waals surface area contributed by atoms with Crippen molar-refractivity contribution in [2.75, 3.05) is 10.6 Å². The van der Waals surface area contributed by atoms with Crippen molar-refractivity contribution < 1.29 is 0 Å².